The molecule has 7 nitrogen and oxygen atoms in total. The molecule has 0 aromatic heterocycles. The zero-order chi connectivity index (χ0) is 24.6. The Hall–Kier alpha value is -2.67. The molecule has 174 valence electrons. The molecule has 0 spiro atoms. The number of sulfone groups is 1. The average molecular weight is 506 g/mol. The molecule has 3 rings (SSSR count). The van der Waals surface area contributed by atoms with Crippen LogP contribution in [0.25, 0.3) is 0 Å². The van der Waals surface area contributed by atoms with Crippen LogP contribution in [0, 0.1) is 18.3 Å². The highest BCUT2D eigenvalue weighted by Crippen LogP contribution is 2.37. The Morgan fingerprint density at radius 3 is 2.39 bits per heavy atom. The van der Waals surface area contributed by atoms with E-state index in [1.54, 1.807) is 31.2 Å². The lowest BCUT2D eigenvalue weighted by Gasteiger charge is -2.29. The van der Waals surface area contributed by atoms with Crippen LogP contribution in [-0.4, -0.2) is 49.3 Å². The van der Waals surface area contributed by atoms with E-state index in [1.807, 2.05) is 24.8 Å². The quantitative estimate of drug-likeness (QED) is 0.413. The molecular formula is C23H24ClN3O4S2. The Bertz CT molecular complexity index is 1250. The zero-order valence-electron chi connectivity index (χ0n) is 18.8. The van der Waals surface area contributed by atoms with Gasteiger partial charge in [0.1, 0.15) is 17.4 Å². The lowest BCUT2D eigenvalue weighted by molar-refractivity contribution is -0.123. The fourth-order valence-corrected chi connectivity index (χ4v) is 4.96. The van der Waals surface area contributed by atoms with Crippen LogP contribution in [0.1, 0.15) is 31.4 Å². The van der Waals surface area contributed by atoms with Crippen LogP contribution in [0.5, 0.6) is 5.75 Å². The van der Waals surface area contributed by atoms with Gasteiger partial charge in [0.05, 0.1) is 27.8 Å². The van der Waals surface area contributed by atoms with E-state index in [9.17, 15) is 18.5 Å². The van der Waals surface area contributed by atoms with E-state index < -0.39 is 15.4 Å². The number of ether oxygens (including phenoxy) is 1. The second-order valence-corrected chi connectivity index (χ2v) is 11.0. The Labute approximate surface area is 204 Å². The number of carbonyl (C=O) groups is 1. The molecule has 0 atom stereocenters. The van der Waals surface area contributed by atoms with E-state index in [4.69, 9.17) is 28.6 Å². The number of rotatable bonds is 7. The van der Waals surface area contributed by atoms with Crippen molar-refractivity contribution in [2.45, 2.75) is 37.6 Å². The molecule has 1 fully saturated rings. The number of thiocarbonyl (C=S) groups is 1. The number of benzene rings is 2. The predicted molar refractivity (Wildman–Crippen MR) is 131 cm³/mol. The topological polar surface area (TPSA) is 90.7 Å². The lowest BCUT2D eigenvalue weighted by Crippen LogP contribution is -2.44. The first-order valence-corrected chi connectivity index (χ1v) is 12.9. The van der Waals surface area contributed by atoms with Crippen molar-refractivity contribution in [3.8, 4) is 11.8 Å². The molecule has 0 saturated carbocycles. The molecule has 1 saturated heterocycles. The maximum absolute atomic E-state index is 13.2. The van der Waals surface area contributed by atoms with E-state index >= 15 is 0 Å². The summed E-state index contributed by atoms with van der Waals surface area (Å²) in [5.41, 5.74) is 0.658. The Kier molecular flexibility index (Phi) is 7.03. The summed E-state index contributed by atoms with van der Waals surface area (Å²) in [6, 6.07) is 11.5. The molecule has 0 radical (unpaired) electrons. The number of hydrogen-bond donors (Lipinski definition) is 0. The van der Waals surface area contributed by atoms with E-state index in [-0.39, 0.29) is 10.8 Å². The van der Waals surface area contributed by atoms with Crippen LogP contribution in [-0.2, 0) is 14.6 Å². The molecule has 0 aliphatic carbocycles. The summed E-state index contributed by atoms with van der Waals surface area (Å²) in [7, 11) is -3.26. The summed E-state index contributed by atoms with van der Waals surface area (Å²) >= 11 is 12.0. The van der Waals surface area contributed by atoms with Gasteiger partial charge in [0.15, 0.2) is 14.9 Å². The van der Waals surface area contributed by atoms with Crippen LogP contribution in [0.3, 0.4) is 0 Å². The van der Waals surface area contributed by atoms with Crippen molar-refractivity contribution in [2.75, 3.05) is 24.3 Å². The molecule has 0 bridgehead atoms. The second-order valence-electron chi connectivity index (χ2n) is 8.26. The molecule has 10 heteroatoms. The molecule has 1 heterocycles. The first-order valence-electron chi connectivity index (χ1n) is 10.2. The fraction of sp³-hybridized carbons (Fsp3) is 0.348. The molecule has 0 N–H and O–H groups in total. The minimum atomic E-state index is -3.26. The average Bonchev–Trinajstić information content (AvgIpc) is 2.92. The van der Waals surface area contributed by atoms with Crippen molar-refractivity contribution in [3.05, 3.63) is 52.5 Å². The second kappa shape index (κ2) is 9.29. The van der Waals surface area contributed by atoms with Crippen molar-refractivity contribution in [2.24, 2.45) is 0 Å². The minimum absolute atomic E-state index is 0.173. The van der Waals surface area contributed by atoms with Gasteiger partial charge in [0, 0.05) is 12.8 Å². The van der Waals surface area contributed by atoms with Crippen LogP contribution < -0.4 is 9.64 Å². The van der Waals surface area contributed by atoms with Crippen LogP contribution >= 0.6 is 23.8 Å². The monoisotopic (exact) mass is 505 g/mol. The summed E-state index contributed by atoms with van der Waals surface area (Å²) in [6.45, 7) is 6.23. The maximum atomic E-state index is 13.2. The number of amides is 1. The fourth-order valence-electron chi connectivity index (χ4n) is 3.62. The molecule has 33 heavy (non-hydrogen) atoms. The van der Waals surface area contributed by atoms with E-state index in [0.717, 1.165) is 6.26 Å². The number of hydrogen-bond acceptors (Lipinski definition) is 6. The van der Waals surface area contributed by atoms with E-state index in [0.29, 0.717) is 52.3 Å². The number of nitriles is 1. The zero-order valence-corrected chi connectivity index (χ0v) is 21.1. The summed E-state index contributed by atoms with van der Waals surface area (Å²) < 4.78 is 28.8. The maximum Gasteiger partial charge on any atom is 0.258 e. The van der Waals surface area contributed by atoms with E-state index in [2.05, 4.69) is 0 Å². The molecule has 1 aliphatic rings. The standard InChI is InChI=1S/C23H24ClN3O4S2/c1-15-19(11-6-16(14-25)20(15)24)27-21(28)23(2,3)26(22(27)32)12-5-13-31-17-7-9-18(10-8-17)33(4,29)30/h6-11H,5,12-13H2,1-4H3. The third-order valence-corrected chi connectivity index (χ3v) is 7.61. The van der Waals surface area contributed by atoms with Crippen molar-refractivity contribution in [3.63, 3.8) is 0 Å². The first-order chi connectivity index (χ1) is 15.4. The molecule has 1 amide bonds. The van der Waals surface area contributed by atoms with Gasteiger partial charge in [-0.15, -0.1) is 0 Å². The highest BCUT2D eigenvalue weighted by atomic mass is 35.5. The number of halogens is 1. The van der Waals surface area contributed by atoms with Gasteiger partial charge in [-0.25, -0.2) is 8.42 Å². The molecular weight excluding hydrogens is 482 g/mol. The van der Waals surface area contributed by atoms with Gasteiger partial charge in [-0.3, -0.25) is 9.69 Å². The molecule has 1 aliphatic heterocycles. The van der Waals surface area contributed by atoms with Gasteiger partial charge in [-0.1, -0.05) is 11.6 Å². The highest BCUT2D eigenvalue weighted by molar-refractivity contribution is 7.90. The number of carbonyl (C=O) groups excluding carboxylic acids is 1. The Morgan fingerprint density at radius 2 is 1.82 bits per heavy atom. The minimum Gasteiger partial charge on any atom is -0.494 e. The highest BCUT2D eigenvalue weighted by Gasteiger charge is 2.49. The summed E-state index contributed by atoms with van der Waals surface area (Å²) in [6.07, 6.45) is 1.74. The largest absolute Gasteiger partial charge is 0.494 e. The smallest absolute Gasteiger partial charge is 0.258 e. The summed E-state index contributed by atoms with van der Waals surface area (Å²) in [5.74, 6) is 0.389. The molecule has 2 aromatic rings. The third kappa shape index (κ3) is 4.83. The van der Waals surface area contributed by atoms with Crippen molar-refractivity contribution in [1.82, 2.24) is 4.90 Å². The van der Waals surface area contributed by atoms with Gasteiger partial charge in [-0.05, 0) is 81.4 Å². The van der Waals surface area contributed by atoms with E-state index in [1.165, 1.54) is 17.0 Å². The Balaban J connectivity index is 1.69. The van der Waals surface area contributed by atoms with Crippen molar-refractivity contribution >= 4 is 50.4 Å². The van der Waals surface area contributed by atoms with Gasteiger partial charge in [0.2, 0.25) is 0 Å². The first kappa shape index (κ1) is 25.0. The van der Waals surface area contributed by atoms with Crippen LogP contribution in [0.4, 0.5) is 5.69 Å². The van der Waals surface area contributed by atoms with Gasteiger partial charge in [-0.2, -0.15) is 5.26 Å². The summed E-state index contributed by atoms with van der Waals surface area (Å²) in [4.78, 5) is 16.8. The number of nitrogens with zero attached hydrogens (tertiary/aromatic N) is 3. The SMILES string of the molecule is Cc1c(N2C(=O)C(C)(C)N(CCCOc3ccc(S(C)(=O)=O)cc3)C2=S)ccc(C#N)c1Cl. The predicted octanol–water partition coefficient (Wildman–Crippen LogP) is 4.10. The van der Waals surface area contributed by atoms with Crippen molar-refractivity contribution in [1.29, 1.82) is 5.26 Å². The van der Waals surface area contributed by atoms with Crippen LogP contribution in [0.2, 0.25) is 5.02 Å². The normalized spacial score (nSPS) is 15.6. The third-order valence-electron chi connectivity index (χ3n) is 5.59. The van der Waals surface area contributed by atoms with Crippen molar-refractivity contribution < 1.29 is 17.9 Å². The summed E-state index contributed by atoms with van der Waals surface area (Å²) in [5, 5.41) is 9.86. The number of anilines is 1. The van der Waals surface area contributed by atoms with Gasteiger partial charge < -0.3 is 9.64 Å². The Morgan fingerprint density at radius 1 is 1.18 bits per heavy atom. The lowest BCUT2D eigenvalue weighted by atomic mass is 10.0. The molecule has 2 aromatic carbocycles. The molecule has 0 unspecified atom stereocenters. The van der Waals surface area contributed by atoms with Gasteiger partial charge >= 0.3 is 0 Å². The van der Waals surface area contributed by atoms with Crippen LogP contribution in [0.15, 0.2) is 41.3 Å². The van der Waals surface area contributed by atoms with Gasteiger partial charge in [0.25, 0.3) is 5.91 Å².